The molecule has 0 unspecified atom stereocenters. The third kappa shape index (κ3) is 6.05. The Morgan fingerprint density at radius 3 is 2.02 bits per heavy atom. The van der Waals surface area contributed by atoms with Gasteiger partial charge in [0.25, 0.3) is 0 Å². The lowest BCUT2D eigenvalue weighted by molar-refractivity contribution is 0.838. The molecule has 0 bridgehead atoms. The summed E-state index contributed by atoms with van der Waals surface area (Å²) in [7, 11) is 0. The third-order valence-corrected chi connectivity index (χ3v) is 7.75. The van der Waals surface area contributed by atoms with Gasteiger partial charge < -0.3 is 10.6 Å². The first kappa shape index (κ1) is 28.9. The zero-order valence-electron chi connectivity index (χ0n) is 24.8. The van der Waals surface area contributed by atoms with E-state index in [9.17, 15) is 5.26 Å². The highest BCUT2D eigenvalue weighted by atomic mass is 32.1. The standard InChI is InChI=1S/C32H37N7S/c1-17(2)24-11-10-12-25(18(3)4)30(24)36-31-29(37-38-32-26(16-33)23(9)39-40-32)22(8)15-27(35-31)34-28-20(6)13-19(5)14-21(28)7/h10-15,17-18H,1-9H3,(H2,34,35,36). The van der Waals surface area contributed by atoms with Crippen molar-refractivity contribution in [2.24, 2.45) is 10.2 Å². The van der Waals surface area contributed by atoms with Crippen LogP contribution in [-0.2, 0) is 0 Å². The predicted octanol–water partition coefficient (Wildman–Crippen LogP) is 10.1. The number of aryl methyl sites for hydroxylation is 5. The van der Waals surface area contributed by atoms with Gasteiger partial charge in [0.1, 0.15) is 23.1 Å². The fourth-order valence-corrected chi connectivity index (χ4v) is 5.59. The van der Waals surface area contributed by atoms with Crippen LogP contribution in [0.2, 0.25) is 0 Å². The maximum atomic E-state index is 9.57. The van der Waals surface area contributed by atoms with Crippen LogP contribution >= 0.6 is 11.5 Å². The Bertz CT molecular complexity index is 1570. The summed E-state index contributed by atoms with van der Waals surface area (Å²) in [6, 6.07) is 15.0. The number of nitriles is 1. The molecule has 7 nitrogen and oxygen atoms in total. The van der Waals surface area contributed by atoms with Crippen LogP contribution < -0.4 is 10.6 Å². The molecule has 2 N–H and O–H groups in total. The fraction of sp³-hybridized carbons (Fsp3) is 0.344. The molecule has 0 atom stereocenters. The molecule has 4 rings (SSSR count). The minimum atomic E-state index is 0.310. The minimum absolute atomic E-state index is 0.310. The van der Waals surface area contributed by atoms with E-state index in [4.69, 9.17) is 4.98 Å². The van der Waals surface area contributed by atoms with Crippen LogP contribution in [0.1, 0.15) is 84.2 Å². The van der Waals surface area contributed by atoms with E-state index in [2.05, 4.69) is 110 Å². The average molecular weight is 552 g/mol. The van der Waals surface area contributed by atoms with Gasteiger partial charge in [-0.15, -0.1) is 10.2 Å². The van der Waals surface area contributed by atoms with Crippen molar-refractivity contribution >= 4 is 45.2 Å². The molecule has 2 aromatic carbocycles. The molecule has 0 aliphatic rings. The van der Waals surface area contributed by atoms with Gasteiger partial charge in [-0.1, -0.05) is 63.6 Å². The highest BCUT2D eigenvalue weighted by molar-refractivity contribution is 7.10. The first-order valence-electron chi connectivity index (χ1n) is 13.5. The molecule has 4 aromatic rings. The lowest BCUT2D eigenvalue weighted by atomic mass is 9.92. The van der Waals surface area contributed by atoms with Gasteiger partial charge in [0.15, 0.2) is 10.8 Å². The molecule has 2 heterocycles. The van der Waals surface area contributed by atoms with Gasteiger partial charge in [-0.25, -0.2) is 4.98 Å². The number of benzene rings is 2. The topological polar surface area (TPSA) is 98.4 Å². The van der Waals surface area contributed by atoms with Crippen LogP contribution in [-0.4, -0.2) is 9.36 Å². The van der Waals surface area contributed by atoms with Crippen LogP contribution in [0.4, 0.5) is 33.7 Å². The van der Waals surface area contributed by atoms with Crippen LogP contribution in [0, 0.1) is 45.9 Å². The fourth-order valence-electron chi connectivity index (χ4n) is 4.91. The molecule has 0 radical (unpaired) electrons. The van der Waals surface area contributed by atoms with Crippen molar-refractivity contribution in [2.75, 3.05) is 10.6 Å². The van der Waals surface area contributed by atoms with Gasteiger partial charge in [-0.3, -0.25) is 0 Å². The number of para-hydroxylation sites is 1. The molecule has 40 heavy (non-hydrogen) atoms. The Balaban J connectivity index is 1.88. The van der Waals surface area contributed by atoms with E-state index < -0.39 is 0 Å². The smallest absolute Gasteiger partial charge is 0.176 e. The number of pyridine rings is 1. The van der Waals surface area contributed by atoms with E-state index in [0.717, 1.165) is 28.1 Å². The van der Waals surface area contributed by atoms with Crippen molar-refractivity contribution in [2.45, 2.75) is 74.1 Å². The summed E-state index contributed by atoms with van der Waals surface area (Å²) in [5.74, 6) is 1.94. The summed E-state index contributed by atoms with van der Waals surface area (Å²) in [5, 5.41) is 26.4. The molecule has 0 saturated carbocycles. The Kier molecular flexibility index (Phi) is 8.65. The van der Waals surface area contributed by atoms with Gasteiger partial charge in [-0.2, -0.15) is 9.64 Å². The number of hydrogen-bond donors (Lipinski definition) is 2. The number of rotatable bonds is 8. The molecule has 0 aliphatic heterocycles. The maximum Gasteiger partial charge on any atom is 0.176 e. The minimum Gasteiger partial charge on any atom is -0.340 e. The van der Waals surface area contributed by atoms with Gasteiger partial charge in [-0.05, 0) is 91.9 Å². The number of nitrogens with one attached hydrogen (secondary N) is 2. The van der Waals surface area contributed by atoms with Gasteiger partial charge in [0, 0.05) is 11.4 Å². The van der Waals surface area contributed by atoms with E-state index >= 15 is 0 Å². The summed E-state index contributed by atoms with van der Waals surface area (Å²) in [6.07, 6.45) is 0. The Labute approximate surface area is 241 Å². The van der Waals surface area contributed by atoms with E-state index in [1.165, 1.54) is 28.2 Å². The SMILES string of the molecule is Cc1cc(C)c(Nc2cc(C)c(N=Nc3snc(C)c3C#N)c(Nc3c(C(C)C)cccc3C(C)C)n2)c(C)c1. The monoisotopic (exact) mass is 551 g/mol. The number of hydrogen-bond acceptors (Lipinski definition) is 8. The van der Waals surface area contributed by atoms with Gasteiger partial charge in [0.05, 0.1) is 5.69 Å². The van der Waals surface area contributed by atoms with Crippen molar-refractivity contribution < 1.29 is 0 Å². The summed E-state index contributed by atoms with van der Waals surface area (Å²) in [4.78, 5) is 5.04. The van der Waals surface area contributed by atoms with Crippen molar-refractivity contribution in [3.05, 3.63) is 81.0 Å². The van der Waals surface area contributed by atoms with E-state index in [1.807, 2.05) is 13.0 Å². The molecule has 206 valence electrons. The highest BCUT2D eigenvalue weighted by Gasteiger charge is 2.19. The molecule has 0 aliphatic carbocycles. The number of nitrogens with zero attached hydrogens (tertiary/aromatic N) is 5. The second kappa shape index (κ2) is 12.0. The second-order valence-corrected chi connectivity index (χ2v) is 11.7. The summed E-state index contributed by atoms with van der Waals surface area (Å²) in [5.41, 5.74) is 10.7. The molecule has 0 amide bonds. The first-order valence-corrected chi connectivity index (χ1v) is 14.3. The Hall–Kier alpha value is -4.09. The number of azo groups is 1. The molecule has 0 saturated heterocycles. The average Bonchev–Trinajstić information content (AvgIpc) is 3.24. The predicted molar refractivity (Wildman–Crippen MR) is 167 cm³/mol. The molecular formula is C32H37N7S. The van der Waals surface area contributed by atoms with Crippen LogP contribution in [0.5, 0.6) is 0 Å². The third-order valence-electron chi connectivity index (χ3n) is 6.93. The lowest BCUT2D eigenvalue weighted by Gasteiger charge is -2.22. The number of aromatic nitrogens is 2. The van der Waals surface area contributed by atoms with Crippen molar-refractivity contribution in [3.8, 4) is 6.07 Å². The quantitative estimate of drug-likeness (QED) is 0.212. The molecule has 2 aromatic heterocycles. The zero-order chi connectivity index (χ0) is 29.1. The van der Waals surface area contributed by atoms with Crippen molar-refractivity contribution in [1.29, 1.82) is 5.26 Å². The van der Waals surface area contributed by atoms with Crippen LogP contribution in [0.25, 0.3) is 0 Å². The van der Waals surface area contributed by atoms with E-state index in [-0.39, 0.29) is 0 Å². The summed E-state index contributed by atoms with van der Waals surface area (Å²) in [6.45, 7) is 18.9. The molecular weight excluding hydrogens is 514 g/mol. The van der Waals surface area contributed by atoms with E-state index in [0.29, 0.717) is 45.4 Å². The highest BCUT2D eigenvalue weighted by Crippen LogP contribution is 2.40. The lowest BCUT2D eigenvalue weighted by Crippen LogP contribution is -2.07. The Morgan fingerprint density at radius 1 is 0.825 bits per heavy atom. The van der Waals surface area contributed by atoms with Gasteiger partial charge >= 0.3 is 0 Å². The summed E-state index contributed by atoms with van der Waals surface area (Å²) >= 11 is 1.17. The van der Waals surface area contributed by atoms with Crippen LogP contribution in [0.15, 0.2) is 46.6 Å². The van der Waals surface area contributed by atoms with Crippen molar-refractivity contribution in [3.63, 3.8) is 0 Å². The zero-order valence-corrected chi connectivity index (χ0v) is 25.6. The van der Waals surface area contributed by atoms with Crippen LogP contribution in [0.3, 0.4) is 0 Å². The Morgan fingerprint density at radius 2 is 1.45 bits per heavy atom. The normalized spacial score (nSPS) is 11.4. The molecule has 8 heteroatoms. The first-order chi connectivity index (χ1) is 19.0. The largest absolute Gasteiger partial charge is 0.340 e. The maximum absolute atomic E-state index is 9.57. The molecule has 0 spiro atoms. The van der Waals surface area contributed by atoms with Crippen molar-refractivity contribution in [1.82, 2.24) is 9.36 Å². The number of anilines is 4. The van der Waals surface area contributed by atoms with Gasteiger partial charge in [0.2, 0.25) is 0 Å². The second-order valence-electron chi connectivity index (χ2n) is 10.9. The van der Waals surface area contributed by atoms with E-state index in [1.54, 1.807) is 6.92 Å². The summed E-state index contributed by atoms with van der Waals surface area (Å²) < 4.78 is 4.28. The molecule has 0 fully saturated rings.